The molecule has 0 spiro atoms. The molecule has 3 aromatic rings. The number of nitrogens with one attached hydrogen (secondary N) is 1. The Morgan fingerprint density at radius 3 is 2.39 bits per heavy atom. The molecule has 4 nitrogen and oxygen atoms in total. The lowest BCUT2D eigenvalue weighted by Crippen LogP contribution is -2.19. The van der Waals surface area contributed by atoms with Crippen LogP contribution in [-0.4, -0.2) is 12.1 Å². The monoisotopic (exact) mass is 500 g/mol. The third-order valence-electron chi connectivity index (χ3n) is 3.88. The summed E-state index contributed by atoms with van der Waals surface area (Å²) in [4.78, 5) is 12.1. The number of rotatable bonds is 7. The van der Waals surface area contributed by atoms with Crippen LogP contribution in [-0.2, 0) is 17.8 Å². The van der Waals surface area contributed by atoms with Crippen molar-refractivity contribution in [2.75, 3.05) is 0 Å². The molecule has 3 aromatic carbocycles. The number of hydrogen-bond donors (Lipinski definition) is 1. The second-order valence-electron chi connectivity index (χ2n) is 6.05. The lowest BCUT2D eigenvalue weighted by molar-refractivity contribution is -0.120. The van der Waals surface area contributed by atoms with Gasteiger partial charge in [0.2, 0.25) is 5.91 Å². The lowest BCUT2D eigenvalue weighted by atomic mass is 10.1. The average Bonchev–Trinajstić information content (AvgIpc) is 2.70. The molecule has 6 heteroatoms. The fourth-order valence-corrected chi connectivity index (χ4v) is 3.13. The molecule has 0 aliphatic heterocycles. The molecule has 0 fully saturated rings. The smallest absolute Gasteiger partial charge is 0.244 e. The summed E-state index contributed by atoms with van der Waals surface area (Å²) >= 11 is 6.83. The van der Waals surface area contributed by atoms with E-state index < -0.39 is 0 Å². The number of amides is 1. The molecule has 142 valence electrons. The number of nitrogens with zero attached hydrogens (tertiary/aromatic N) is 1. The van der Waals surface area contributed by atoms with Crippen molar-refractivity contribution < 1.29 is 9.53 Å². The Morgan fingerprint density at radius 2 is 1.64 bits per heavy atom. The van der Waals surface area contributed by atoms with Crippen LogP contribution in [0.4, 0.5) is 0 Å². The van der Waals surface area contributed by atoms with Crippen molar-refractivity contribution in [2.24, 2.45) is 5.10 Å². The highest BCUT2D eigenvalue weighted by Gasteiger charge is 2.05. The van der Waals surface area contributed by atoms with Gasteiger partial charge in [0.25, 0.3) is 0 Å². The summed E-state index contributed by atoms with van der Waals surface area (Å²) in [6.45, 7) is 0.458. The molecule has 0 radical (unpaired) electrons. The van der Waals surface area contributed by atoms with Crippen molar-refractivity contribution in [3.8, 4) is 5.75 Å². The van der Waals surface area contributed by atoms with E-state index in [-0.39, 0.29) is 12.3 Å². The van der Waals surface area contributed by atoms with Gasteiger partial charge in [-0.3, -0.25) is 4.79 Å². The van der Waals surface area contributed by atoms with Crippen molar-refractivity contribution in [2.45, 2.75) is 13.0 Å². The van der Waals surface area contributed by atoms with Gasteiger partial charge in [-0.15, -0.1) is 0 Å². The molecule has 0 aliphatic rings. The largest absolute Gasteiger partial charge is 0.488 e. The highest BCUT2D eigenvalue weighted by atomic mass is 79.9. The zero-order valence-electron chi connectivity index (χ0n) is 14.9. The van der Waals surface area contributed by atoms with Crippen LogP contribution in [0.25, 0.3) is 0 Å². The van der Waals surface area contributed by atoms with Gasteiger partial charge in [-0.05, 0) is 41.5 Å². The van der Waals surface area contributed by atoms with Gasteiger partial charge in [0.1, 0.15) is 12.4 Å². The van der Waals surface area contributed by atoms with E-state index in [1.54, 1.807) is 6.21 Å². The molecule has 28 heavy (non-hydrogen) atoms. The minimum atomic E-state index is -0.180. The maximum atomic E-state index is 12.1. The zero-order chi connectivity index (χ0) is 19.8. The molecule has 3 rings (SSSR count). The van der Waals surface area contributed by atoms with Gasteiger partial charge in [0.05, 0.1) is 12.6 Å². The van der Waals surface area contributed by atoms with Gasteiger partial charge in [-0.1, -0.05) is 74.3 Å². The van der Waals surface area contributed by atoms with Gasteiger partial charge >= 0.3 is 0 Å². The van der Waals surface area contributed by atoms with Crippen molar-refractivity contribution in [3.05, 3.63) is 98.4 Å². The summed E-state index contributed by atoms with van der Waals surface area (Å²) in [7, 11) is 0. The van der Waals surface area contributed by atoms with Gasteiger partial charge in [-0.2, -0.15) is 5.10 Å². The highest BCUT2D eigenvalue weighted by Crippen LogP contribution is 2.22. The predicted octanol–water partition coefficient (Wildman–Crippen LogP) is 5.48. The quantitative estimate of drug-likeness (QED) is 0.344. The third kappa shape index (κ3) is 6.32. The first-order valence-corrected chi connectivity index (χ1v) is 10.2. The van der Waals surface area contributed by atoms with Gasteiger partial charge in [0, 0.05) is 14.5 Å². The number of ether oxygens (including phenoxy) is 1. The van der Waals surface area contributed by atoms with Crippen molar-refractivity contribution in [1.29, 1.82) is 0 Å². The molecule has 0 aromatic heterocycles. The number of halogens is 2. The first-order valence-electron chi connectivity index (χ1n) is 8.63. The maximum absolute atomic E-state index is 12.1. The number of hydrogen-bond acceptors (Lipinski definition) is 3. The summed E-state index contributed by atoms with van der Waals surface area (Å²) < 4.78 is 7.80. The van der Waals surface area contributed by atoms with E-state index in [9.17, 15) is 4.79 Å². The highest BCUT2D eigenvalue weighted by molar-refractivity contribution is 9.10. The molecule has 0 bridgehead atoms. The molecule has 1 N–H and O–H groups in total. The van der Waals surface area contributed by atoms with Gasteiger partial charge in [-0.25, -0.2) is 5.43 Å². The first kappa shape index (κ1) is 20.3. The minimum absolute atomic E-state index is 0.180. The third-order valence-corrected chi connectivity index (χ3v) is 4.90. The topological polar surface area (TPSA) is 50.7 Å². The molecule has 0 saturated carbocycles. The summed E-state index contributed by atoms with van der Waals surface area (Å²) in [5.74, 6) is 0.512. The predicted molar refractivity (Wildman–Crippen MR) is 118 cm³/mol. The lowest BCUT2D eigenvalue weighted by Gasteiger charge is -2.09. The second-order valence-corrected chi connectivity index (χ2v) is 7.88. The standard InChI is InChI=1S/C22H18Br2N2O2/c23-19-8-6-16(7-9-19)12-22(27)26-25-14-18-13-20(24)10-11-21(18)28-15-17-4-2-1-3-5-17/h1-11,13-14H,12,15H2,(H,26,27). The van der Waals surface area contributed by atoms with E-state index in [4.69, 9.17) is 4.74 Å². The fraction of sp³-hybridized carbons (Fsp3) is 0.0909. The number of carbonyl (C=O) groups excluding carboxylic acids is 1. The summed E-state index contributed by atoms with van der Waals surface area (Å²) in [5.41, 5.74) is 5.34. The zero-order valence-corrected chi connectivity index (χ0v) is 18.1. The van der Waals surface area contributed by atoms with E-state index in [2.05, 4.69) is 42.4 Å². The SMILES string of the molecule is O=C(Cc1ccc(Br)cc1)NN=Cc1cc(Br)ccc1OCc1ccccc1. The Hall–Kier alpha value is -2.44. The van der Waals surface area contributed by atoms with Crippen LogP contribution < -0.4 is 10.2 Å². The molecule has 1 amide bonds. The normalized spacial score (nSPS) is 10.8. The van der Waals surface area contributed by atoms with Crippen molar-refractivity contribution in [1.82, 2.24) is 5.43 Å². The maximum Gasteiger partial charge on any atom is 0.244 e. The van der Waals surface area contributed by atoms with Crippen molar-refractivity contribution in [3.63, 3.8) is 0 Å². The number of carbonyl (C=O) groups is 1. The van der Waals surface area contributed by atoms with E-state index in [0.29, 0.717) is 12.4 Å². The Bertz CT molecular complexity index is 958. The van der Waals surface area contributed by atoms with E-state index >= 15 is 0 Å². The second kappa shape index (κ2) is 10.2. The van der Waals surface area contributed by atoms with Gasteiger partial charge in [0.15, 0.2) is 0 Å². The van der Waals surface area contributed by atoms with Crippen LogP contribution in [0.3, 0.4) is 0 Å². The average molecular weight is 502 g/mol. The van der Waals surface area contributed by atoms with Crippen LogP contribution in [0.5, 0.6) is 5.75 Å². The fourth-order valence-electron chi connectivity index (χ4n) is 2.49. The van der Waals surface area contributed by atoms with Crippen LogP contribution in [0.1, 0.15) is 16.7 Å². The first-order chi connectivity index (χ1) is 13.6. The van der Waals surface area contributed by atoms with Crippen LogP contribution in [0.15, 0.2) is 86.8 Å². The molecule has 0 unspecified atom stereocenters. The number of hydrazone groups is 1. The van der Waals surface area contributed by atoms with E-state index in [1.807, 2.05) is 72.8 Å². The minimum Gasteiger partial charge on any atom is -0.488 e. The summed E-state index contributed by atoms with van der Waals surface area (Å²) in [6.07, 6.45) is 1.85. The summed E-state index contributed by atoms with van der Waals surface area (Å²) in [6, 6.07) is 23.2. The van der Waals surface area contributed by atoms with E-state index in [0.717, 1.165) is 25.6 Å². The number of benzene rings is 3. The Morgan fingerprint density at radius 1 is 0.929 bits per heavy atom. The molecule has 0 heterocycles. The molecule has 0 saturated heterocycles. The molecular weight excluding hydrogens is 484 g/mol. The summed E-state index contributed by atoms with van der Waals surface area (Å²) in [5, 5.41) is 4.08. The Labute approximate surface area is 180 Å². The van der Waals surface area contributed by atoms with Gasteiger partial charge < -0.3 is 4.74 Å². The van der Waals surface area contributed by atoms with Crippen molar-refractivity contribution >= 4 is 44.0 Å². The molecule has 0 atom stereocenters. The molecule has 0 aliphatic carbocycles. The molecular formula is C22H18Br2N2O2. The van der Waals surface area contributed by atoms with Crippen LogP contribution >= 0.6 is 31.9 Å². The van der Waals surface area contributed by atoms with E-state index in [1.165, 1.54) is 0 Å². The Kier molecular flexibility index (Phi) is 7.39. The van der Waals surface area contributed by atoms with Crippen LogP contribution in [0.2, 0.25) is 0 Å². The van der Waals surface area contributed by atoms with Crippen LogP contribution in [0, 0.1) is 0 Å². The Balaban J connectivity index is 1.61.